The van der Waals surface area contributed by atoms with E-state index in [4.69, 9.17) is 0 Å². The molecule has 1 amide bonds. The molecule has 1 aliphatic carbocycles. The largest absolute Gasteiger partial charge is 0.391 e. The van der Waals surface area contributed by atoms with E-state index in [-0.39, 0.29) is 23.7 Å². The number of aliphatic hydroxyl groups excluding tert-OH is 1. The molecule has 1 aromatic carbocycles. The van der Waals surface area contributed by atoms with Gasteiger partial charge in [0.05, 0.1) is 11.0 Å². The van der Waals surface area contributed by atoms with E-state index in [1.165, 1.54) is 6.07 Å². The number of nitro benzene ring substituents is 1. The van der Waals surface area contributed by atoms with Gasteiger partial charge in [-0.25, -0.2) is 0 Å². The first kappa shape index (κ1) is 16.2. The average molecular weight is 307 g/mol. The van der Waals surface area contributed by atoms with E-state index in [1.54, 1.807) is 12.1 Å². The Morgan fingerprint density at radius 1 is 1.45 bits per heavy atom. The SMILES string of the molecule is CC(C)C(O)CNC(=O)c1ccc(NC2CC2)c([N+](=O)[O-])c1. The molecule has 7 nitrogen and oxygen atoms in total. The van der Waals surface area contributed by atoms with Gasteiger partial charge >= 0.3 is 0 Å². The molecule has 0 aliphatic heterocycles. The summed E-state index contributed by atoms with van der Waals surface area (Å²) >= 11 is 0. The van der Waals surface area contributed by atoms with E-state index in [9.17, 15) is 20.0 Å². The normalized spacial score (nSPS) is 15.5. The molecule has 1 atom stereocenters. The first-order valence-corrected chi connectivity index (χ1v) is 7.39. The van der Waals surface area contributed by atoms with Crippen molar-refractivity contribution < 1.29 is 14.8 Å². The summed E-state index contributed by atoms with van der Waals surface area (Å²) in [5, 5.41) is 26.5. The van der Waals surface area contributed by atoms with Gasteiger partial charge in [0.25, 0.3) is 11.6 Å². The van der Waals surface area contributed by atoms with Crippen molar-refractivity contribution >= 4 is 17.3 Å². The zero-order valence-electron chi connectivity index (χ0n) is 12.7. The molecule has 1 aromatic rings. The lowest BCUT2D eigenvalue weighted by Gasteiger charge is -2.15. The number of hydrogen-bond acceptors (Lipinski definition) is 5. The van der Waals surface area contributed by atoms with Crippen LogP contribution in [0.1, 0.15) is 37.0 Å². The highest BCUT2D eigenvalue weighted by molar-refractivity contribution is 5.95. The van der Waals surface area contributed by atoms with Gasteiger partial charge in [0.1, 0.15) is 5.69 Å². The fraction of sp³-hybridized carbons (Fsp3) is 0.533. The van der Waals surface area contributed by atoms with Crippen molar-refractivity contribution in [3.8, 4) is 0 Å². The van der Waals surface area contributed by atoms with Gasteiger partial charge in [-0.3, -0.25) is 14.9 Å². The van der Waals surface area contributed by atoms with Crippen LogP contribution in [0.4, 0.5) is 11.4 Å². The number of carbonyl (C=O) groups is 1. The summed E-state index contributed by atoms with van der Waals surface area (Å²) in [7, 11) is 0. The van der Waals surface area contributed by atoms with Gasteiger partial charge < -0.3 is 15.7 Å². The van der Waals surface area contributed by atoms with E-state index < -0.39 is 16.9 Å². The van der Waals surface area contributed by atoms with Gasteiger partial charge in [-0.15, -0.1) is 0 Å². The molecule has 0 spiro atoms. The Morgan fingerprint density at radius 3 is 2.68 bits per heavy atom. The molecule has 0 saturated heterocycles. The fourth-order valence-corrected chi connectivity index (χ4v) is 1.93. The fourth-order valence-electron chi connectivity index (χ4n) is 1.93. The monoisotopic (exact) mass is 307 g/mol. The van der Waals surface area contributed by atoms with Gasteiger partial charge in [0, 0.05) is 24.2 Å². The smallest absolute Gasteiger partial charge is 0.293 e. The number of hydrogen-bond donors (Lipinski definition) is 3. The van der Waals surface area contributed by atoms with Crippen LogP contribution in [-0.2, 0) is 0 Å². The second-order valence-corrected chi connectivity index (χ2v) is 5.93. The van der Waals surface area contributed by atoms with Gasteiger partial charge in [-0.05, 0) is 30.9 Å². The summed E-state index contributed by atoms with van der Waals surface area (Å²) < 4.78 is 0. The minimum atomic E-state index is -0.644. The number of benzene rings is 1. The predicted molar refractivity (Wildman–Crippen MR) is 82.9 cm³/mol. The standard InChI is InChI=1S/C15H21N3O4/c1-9(2)14(19)8-16-15(20)10-3-6-12(17-11-4-5-11)13(7-10)18(21)22/h3,6-7,9,11,14,17,19H,4-5,8H2,1-2H3,(H,16,20). The summed E-state index contributed by atoms with van der Waals surface area (Å²) in [5.41, 5.74) is 0.541. The molecule has 0 aromatic heterocycles. The minimum absolute atomic E-state index is 0.0275. The molecule has 0 radical (unpaired) electrons. The number of amides is 1. The Balaban J connectivity index is 2.08. The number of nitrogens with one attached hydrogen (secondary N) is 2. The number of anilines is 1. The van der Waals surface area contributed by atoms with Crippen LogP contribution in [0.2, 0.25) is 0 Å². The summed E-state index contributed by atoms with van der Waals surface area (Å²) in [6.45, 7) is 3.81. The van der Waals surface area contributed by atoms with Crippen molar-refractivity contribution in [2.75, 3.05) is 11.9 Å². The average Bonchev–Trinajstić information content (AvgIpc) is 3.28. The zero-order valence-corrected chi connectivity index (χ0v) is 12.7. The van der Waals surface area contributed by atoms with Crippen LogP contribution in [0, 0.1) is 16.0 Å². The molecule has 22 heavy (non-hydrogen) atoms. The minimum Gasteiger partial charge on any atom is -0.391 e. The van der Waals surface area contributed by atoms with Gasteiger partial charge in [0.2, 0.25) is 0 Å². The Bertz CT molecular complexity index is 570. The Labute approximate surface area is 128 Å². The third kappa shape index (κ3) is 4.17. The van der Waals surface area contributed by atoms with E-state index in [0.717, 1.165) is 12.8 Å². The van der Waals surface area contributed by atoms with Crippen LogP contribution in [0.15, 0.2) is 18.2 Å². The van der Waals surface area contributed by atoms with Crippen molar-refractivity contribution in [1.82, 2.24) is 5.32 Å². The summed E-state index contributed by atoms with van der Waals surface area (Å²) in [5.74, 6) is -0.402. The van der Waals surface area contributed by atoms with Crippen LogP contribution in [0.25, 0.3) is 0 Å². The van der Waals surface area contributed by atoms with Crippen LogP contribution in [-0.4, -0.2) is 34.6 Å². The number of carbonyl (C=O) groups excluding carboxylic acids is 1. The molecule has 0 heterocycles. The molecule has 7 heteroatoms. The lowest BCUT2D eigenvalue weighted by molar-refractivity contribution is -0.384. The van der Waals surface area contributed by atoms with E-state index in [1.807, 2.05) is 13.8 Å². The summed E-state index contributed by atoms with van der Waals surface area (Å²) in [6, 6.07) is 4.67. The topological polar surface area (TPSA) is 104 Å². The molecule has 2 rings (SSSR count). The first-order chi connectivity index (χ1) is 10.4. The lowest BCUT2D eigenvalue weighted by atomic mass is 10.1. The maximum absolute atomic E-state index is 12.0. The molecule has 1 unspecified atom stereocenters. The predicted octanol–water partition coefficient (Wildman–Crippen LogP) is 1.92. The molecule has 3 N–H and O–H groups in total. The van der Waals surface area contributed by atoms with Gasteiger partial charge in [-0.2, -0.15) is 0 Å². The maximum Gasteiger partial charge on any atom is 0.293 e. The number of rotatable bonds is 7. The van der Waals surface area contributed by atoms with Crippen LogP contribution < -0.4 is 10.6 Å². The molecule has 1 fully saturated rings. The maximum atomic E-state index is 12.0. The first-order valence-electron chi connectivity index (χ1n) is 7.39. The molecular weight excluding hydrogens is 286 g/mol. The van der Waals surface area contributed by atoms with E-state index >= 15 is 0 Å². The molecule has 0 bridgehead atoms. The highest BCUT2D eigenvalue weighted by Crippen LogP contribution is 2.31. The third-order valence-electron chi connectivity index (χ3n) is 3.63. The zero-order chi connectivity index (χ0) is 16.3. The molecule has 120 valence electrons. The highest BCUT2D eigenvalue weighted by atomic mass is 16.6. The van der Waals surface area contributed by atoms with E-state index in [2.05, 4.69) is 10.6 Å². The van der Waals surface area contributed by atoms with Crippen molar-refractivity contribution in [2.24, 2.45) is 5.92 Å². The summed E-state index contributed by atoms with van der Waals surface area (Å²) in [4.78, 5) is 22.7. The molecule has 1 aliphatic rings. The van der Waals surface area contributed by atoms with Crippen LogP contribution in [0.5, 0.6) is 0 Å². The highest BCUT2D eigenvalue weighted by Gasteiger charge is 2.25. The summed E-state index contributed by atoms with van der Waals surface area (Å²) in [6.07, 6.45) is 1.37. The van der Waals surface area contributed by atoms with Crippen molar-refractivity contribution in [3.05, 3.63) is 33.9 Å². The van der Waals surface area contributed by atoms with Crippen molar-refractivity contribution in [1.29, 1.82) is 0 Å². The molecular formula is C15H21N3O4. The van der Waals surface area contributed by atoms with Crippen LogP contribution in [0.3, 0.4) is 0 Å². The van der Waals surface area contributed by atoms with E-state index in [0.29, 0.717) is 11.7 Å². The Kier molecular flexibility index (Phi) is 4.97. The quantitative estimate of drug-likeness (QED) is 0.527. The van der Waals surface area contributed by atoms with Crippen molar-refractivity contribution in [2.45, 2.75) is 38.8 Å². The van der Waals surface area contributed by atoms with Crippen molar-refractivity contribution in [3.63, 3.8) is 0 Å². The third-order valence-corrected chi connectivity index (χ3v) is 3.63. The van der Waals surface area contributed by atoms with Gasteiger partial charge in [-0.1, -0.05) is 13.8 Å². The number of nitro groups is 1. The van der Waals surface area contributed by atoms with Crippen LogP contribution >= 0.6 is 0 Å². The number of aliphatic hydroxyl groups is 1. The number of nitrogens with zero attached hydrogens (tertiary/aromatic N) is 1. The molecule has 1 saturated carbocycles. The second-order valence-electron chi connectivity index (χ2n) is 5.93. The Hall–Kier alpha value is -2.15. The lowest BCUT2D eigenvalue weighted by Crippen LogP contribution is -2.34. The second kappa shape index (κ2) is 6.74. The Morgan fingerprint density at radius 2 is 2.14 bits per heavy atom. The van der Waals surface area contributed by atoms with Gasteiger partial charge in [0.15, 0.2) is 0 Å².